The Hall–Kier alpha value is -1.87. The minimum atomic E-state index is -0.00951. The van der Waals surface area contributed by atoms with Crippen molar-refractivity contribution in [1.82, 2.24) is 0 Å². The van der Waals surface area contributed by atoms with Gasteiger partial charge >= 0.3 is 0 Å². The van der Waals surface area contributed by atoms with E-state index in [0.717, 1.165) is 28.4 Å². The number of aliphatic hydroxyl groups excluding tert-OH is 1. The number of aliphatic hydroxyl groups is 1. The molecule has 17 heavy (non-hydrogen) atoms. The van der Waals surface area contributed by atoms with Crippen LogP contribution in [0.3, 0.4) is 0 Å². The summed E-state index contributed by atoms with van der Waals surface area (Å²) >= 11 is 0. The third-order valence-corrected chi connectivity index (χ3v) is 2.63. The van der Waals surface area contributed by atoms with Gasteiger partial charge in [0.25, 0.3) is 0 Å². The molecule has 2 aromatic rings. The number of ether oxygens (including phenoxy) is 1. The van der Waals surface area contributed by atoms with Gasteiger partial charge in [-0.3, -0.25) is 0 Å². The van der Waals surface area contributed by atoms with Crippen LogP contribution in [-0.4, -0.2) is 24.6 Å². The molecule has 0 heterocycles. The molecule has 0 atom stereocenters. The van der Waals surface area contributed by atoms with Crippen molar-refractivity contribution in [2.75, 3.05) is 13.2 Å². The summed E-state index contributed by atoms with van der Waals surface area (Å²) in [6.07, 6.45) is 1.30. The van der Waals surface area contributed by atoms with E-state index in [2.05, 4.69) is 0 Å². The first-order chi connectivity index (χ1) is 8.36. The summed E-state index contributed by atoms with van der Waals surface area (Å²) in [6, 6.07) is 11.5. The molecule has 0 saturated heterocycles. The molecular formula is C14H14O3. The smallest absolute Gasteiger partial charge is 0.127 e. The van der Waals surface area contributed by atoms with E-state index >= 15 is 0 Å². The fraction of sp³-hybridized carbons (Fsp3) is 0.214. The van der Waals surface area contributed by atoms with Crippen molar-refractivity contribution in [3.63, 3.8) is 0 Å². The second kappa shape index (κ2) is 5.46. The molecule has 0 amide bonds. The van der Waals surface area contributed by atoms with Crippen LogP contribution in [-0.2, 0) is 11.2 Å². The fourth-order valence-electron chi connectivity index (χ4n) is 1.88. The maximum atomic E-state index is 10.6. The molecule has 3 heteroatoms. The normalized spacial score (nSPS) is 10.4. The molecule has 2 aromatic carbocycles. The van der Waals surface area contributed by atoms with Crippen LogP contribution < -0.4 is 4.74 Å². The second-order valence-corrected chi connectivity index (χ2v) is 3.71. The zero-order valence-corrected chi connectivity index (χ0v) is 9.43. The predicted octanol–water partition coefficient (Wildman–Crippen LogP) is 1.95. The number of fused-ring (bicyclic) bond motifs is 1. The lowest BCUT2D eigenvalue weighted by Gasteiger charge is -2.10. The molecule has 0 spiro atoms. The molecule has 3 nitrogen and oxygen atoms in total. The van der Waals surface area contributed by atoms with Crippen LogP contribution in [0.25, 0.3) is 10.8 Å². The molecule has 0 saturated carbocycles. The van der Waals surface area contributed by atoms with Crippen molar-refractivity contribution in [2.24, 2.45) is 0 Å². The van der Waals surface area contributed by atoms with Crippen LogP contribution >= 0.6 is 0 Å². The van der Waals surface area contributed by atoms with Gasteiger partial charge in [-0.1, -0.05) is 30.3 Å². The van der Waals surface area contributed by atoms with Crippen LogP contribution in [0.1, 0.15) is 5.56 Å². The number of rotatable bonds is 5. The van der Waals surface area contributed by atoms with E-state index in [-0.39, 0.29) is 13.2 Å². The minimum absolute atomic E-state index is 0.00951. The fourth-order valence-corrected chi connectivity index (χ4v) is 1.88. The Balaban J connectivity index is 2.49. The maximum absolute atomic E-state index is 10.6. The van der Waals surface area contributed by atoms with Crippen molar-refractivity contribution in [2.45, 2.75) is 6.42 Å². The zero-order valence-electron chi connectivity index (χ0n) is 9.43. The van der Waals surface area contributed by atoms with E-state index in [4.69, 9.17) is 9.84 Å². The molecule has 0 aliphatic rings. The molecule has 1 N–H and O–H groups in total. The van der Waals surface area contributed by atoms with Crippen LogP contribution in [0.15, 0.2) is 36.4 Å². The van der Waals surface area contributed by atoms with Crippen molar-refractivity contribution in [3.8, 4) is 5.75 Å². The Morgan fingerprint density at radius 2 is 1.88 bits per heavy atom. The Kier molecular flexibility index (Phi) is 3.73. The zero-order chi connectivity index (χ0) is 12.1. The Labute approximate surface area is 99.6 Å². The van der Waals surface area contributed by atoms with Crippen molar-refractivity contribution in [3.05, 3.63) is 42.0 Å². The van der Waals surface area contributed by atoms with Crippen LogP contribution in [0.4, 0.5) is 0 Å². The third kappa shape index (κ3) is 2.45. The number of aldehydes is 1. The summed E-state index contributed by atoms with van der Waals surface area (Å²) in [5, 5.41) is 10.8. The SMILES string of the molecule is O=CCc1ccc(OCCO)c2ccccc12. The molecule has 0 radical (unpaired) electrons. The van der Waals surface area contributed by atoms with Gasteiger partial charge in [0.15, 0.2) is 0 Å². The molecule has 0 bridgehead atoms. The van der Waals surface area contributed by atoms with Crippen molar-refractivity contribution in [1.29, 1.82) is 0 Å². The van der Waals surface area contributed by atoms with Gasteiger partial charge in [-0.25, -0.2) is 0 Å². The monoisotopic (exact) mass is 230 g/mol. The highest BCUT2D eigenvalue weighted by Crippen LogP contribution is 2.28. The number of hydrogen-bond donors (Lipinski definition) is 1. The van der Waals surface area contributed by atoms with Gasteiger partial charge in [-0.05, 0) is 17.0 Å². The lowest BCUT2D eigenvalue weighted by molar-refractivity contribution is -0.107. The van der Waals surface area contributed by atoms with Gasteiger partial charge in [0, 0.05) is 11.8 Å². The maximum Gasteiger partial charge on any atom is 0.127 e. The van der Waals surface area contributed by atoms with Crippen LogP contribution in [0, 0.1) is 0 Å². The standard InChI is InChI=1S/C14H14O3/c15-8-7-11-5-6-14(17-10-9-16)13-4-2-1-3-12(11)13/h1-6,8,16H,7,9-10H2. The van der Waals surface area contributed by atoms with E-state index in [1.54, 1.807) is 0 Å². The summed E-state index contributed by atoms with van der Waals surface area (Å²) in [7, 11) is 0. The third-order valence-electron chi connectivity index (χ3n) is 2.63. The quantitative estimate of drug-likeness (QED) is 0.798. The summed E-state index contributed by atoms with van der Waals surface area (Å²) < 4.78 is 5.46. The van der Waals surface area contributed by atoms with E-state index in [1.807, 2.05) is 36.4 Å². The van der Waals surface area contributed by atoms with Crippen molar-refractivity contribution < 1.29 is 14.6 Å². The highest BCUT2D eigenvalue weighted by Gasteiger charge is 2.05. The molecule has 0 aliphatic heterocycles. The largest absolute Gasteiger partial charge is 0.491 e. The van der Waals surface area contributed by atoms with Gasteiger partial charge in [-0.2, -0.15) is 0 Å². The first-order valence-electron chi connectivity index (χ1n) is 5.54. The summed E-state index contributed by atoms with van der Waals surface area (Å²) in [4.78, 5) is 10.6. The van der Waals surface area contributed by atoms with Gasteiger partial charge in [0.05, 0.1) is 6.61 Å². The topological polar surface area (TPSA) is 46.5 Å². The minimum Gasteiger partial charge on any atom is -0.491 e. The summed E-state index contributed by atoms with van der Waals surface area (Å²) in [6.45, 7) is 0.265. The van der Waals surface area contributed by atoms with Crippen molar-refractivity contribution >= 4 is 17.1 Å². The number of carbonyl (C=O) groups is 1. The molecule has 0 aliphatic carbocycles. The van der Waals surface area contributed by atoms with Gasteiger partial charge in [0.2, 0.25) is 0 Å². The first-order valence-corrected chi connectivity index (χ1v) is 5.54. The average Bonchev–Trinajstić information content (AvgIpc) is 2.38. The first kappa shape index (κ1) is 11.6. The van der Waals surface area contributed by atoms with E-state index in [1.165, 1.54) is 0 Å². The summed E-state index contributed by atoms with van der Waals surface area (Å²) in [5.41, 5.74) is 0.993. The van der Waals surface area contributed by atoms with E-state index in [9.17, 15) is 4.79 Å². The molecular weight excluding hydrogens is 216 g/mol. The Morgan fingerprint density at radius 1 is 1.12 bits per heavy atom. The number of carbonyl (C=O) groups excluding carboxylic acids is 1. The average molecular weight is 230 g/mol. The van der Waals surface area contributed by atoms with Gasteiger partial charge in [-0.15, -0.1) is 0 Å². The van der Waals surface area contributed by atoms with E-state index < -0.39 is 0 Å². The summed E-state index contributed by atoms with van der Waals surface area (Å²) in [5.74, 6) is 0.740. The lowest BCUT2D eigenvalue weighted by atomic mass is 10.0. The highest BCUT2D eigenvalue weighted by atomic mass is 16.5. The van der Waals surface area contributed by atoms with Gasteiger partial charge < -0.3 is 14.6 Å². The molecule has 0 aromatic heterocycles. The van der Waals surface area contributed by atoms with Gasteiger partial charge in [0.1, 0.15) is 18.6 Å². The van der Waals surface area contributed by atoms with E-state index in [0.29, 0.717) is 6.42 Å². The molecule has 0 fully saturated rings. The molecule has 2 rings (SSSR count). The second-order valence-electron chi connectivity index (χ2n) is 3.71. The number of benzene rings is 2. The Morgan fingerprint density at radius 3 is 2.59 bits per heavy atom. The Bertz CT molecular complexity index is 520. The number of hydrogen-bond acceptors (Lipinski definition) is 3. The highest BCUT2D eigenvalue weighted by molar-refractivity contribution is 5.92. The predicted molar refractivity (Wildman–Crippen MR) is 66.3 cm³/mol. The molecule has 0 unspecified atom stereocenters. The van der Waals surface area contributed by atoms with Crippen LogP contribution in [0.5, 0.6) is 5.75 Å². The van der Waals surface area contributed by atoms with Crippen LogP contribution in [0.2, 0.25) is 0 Å². The lowest BCUT2D eigenvalue weighted by Crippen LogP contribution is -2.02. The molecule has 88 valence electrons.